The maximum absolute atomic E-state index is 12.4. The number of aromatic nitrogens is 2. The molecule has 1 aromatic carbocycles. The Morgan fingerprint density at radius 3 is 2.74 bits per heavy atom. The van der Waals surface area contributed by atoms with E-state index in [0.717, 1.165) is 11.3 Å². The highest BCUT2D eigenvalue weighted by Crippen LogP contribution is 2.20. The van der Waals surface area contributed by atoms with Crippen molar-refractivity contribution in [2.75, 3.05) is 25.1 Å². The molecule has 1 saturated heterocycles. The molecule has 7 nitrogen and oxygen atoms in total. The molecule has 0 aliphatic carbocycles. The summed E-state index contributed by atoms with van der Waals surface area (Å²) >= 11 is 0. The molecule has 122 valence electrons. The number of nitrogens with zero attached hydrogens (tertiary/aromatic N) is 2. The minimum absolute atomic E-state index is 0.239. The quantitative estimate of drug-likeness (QED) is 0.800. The van der Waals surface area contributed by atoms with Crippen molar-refractivity contribution in [2.24, 2.45) is 0 Å². The van der Waals surface area contributed by atoms with Gasteiger partial charge in [-0.2, -0.15) is 5.10 Å². The predicted octanol–water partition coefficient (Wildman–Crippen LogP) is 1.69. The number of aliphatic hydroxyl groups excluding tert-OH is 1. The number of rotatable bonds is 4. The summed E-state index contributed by atoms with van der Waals surface area (Å²) < 4.78 is 5.23. The molecule has 1 aliphatic rings. The number of aromatic amines is 1. The summed E-state index contributed by atoms with van der Waals surface area (Å²) in [5.41, 5.74) is 2.61. The predicted molar refractivity (Wildman–Crippen MR) is 86.0 cm³/mol. The van der Waals surface area contributed by atoms with Crippen LogP contribution in [0.4, 0.5) is 10.5 Å². The molecule has 0 bridgehead atoms. The van der Waals surface area contributed by atoms with Crippen LogP contribution in [-0.4, -0.2) is 58.1 Å². The minimum Gasteiger partial charge on any atom is -0.388 e. The lowest BCUT2D eigenvalue weighted by Gasteiger charge is -2.28. The third-order valence-corrected chi connectivity index (χ3v) is 3.97. The van der Waals surface area contributed by atoms with Gasteiger partial charge in [-0.1, -0.05) is 12.1 Å². The number of hydrogen-bond acceptors (Lipinski definition) is 4. The molecule has 2 heterocycles. The Bertz CT molecular complexity index is 642. The Labute approximate surface area is 134 Å². The molecule has 0 radical (unpaired) electrons. The lowest BCUT2D eigenvalue weighted by atomic mass is 10.1. The summed E-state index contributed by atoms with van der Waals surface area (Å²) in [5.74, 6) is 0. The van der Waals surface area contributed by atoms with E-state index in [1.54, 1.807) is 11.1 Å². The zero-order chi connectivity index (χ0) is 16.2. The first-order valence-corrected chi connectivity index (χ1v) is 7.62. The first-order chi connectivity index (χ1) is 11.2. The van der Waals surface area contributed by atoms with Crippen LogP contribution in [0.15, 0.2) is 36.5 Å². The highest BCUT2D eigenvalue weighted by Gasteiger charge is 2.33. The molecule has 23 heavy (non-hydrogen) atoms. The third kappa shape index (κ3) is 3.35. The number of carbonyl (C=O) groups is 1. The van der Waals surface area contributed by atoms with Crippen molar-refractivity contribution in [3.05, 3.63) is 36.5 Å². The Morgan fingerprint density at radius 2 is 2.17 bits per heavy atom. The fourth-order valence-electron chi connectivity index (χ4n) is 2.70. The second kappa shape index (κ2) is 6.80. The molecule has 2 amide bonds. The average Bonchev–Trinajstić information content (AvgIpc) is 3.21. The molecule has 3 N–H and O–H groups in total. The molecule has 3 rings (SSSR count). The second-order valence-corrected chi connectivity index (χ2v) is 5.44. The highest BCUT2D eigenvalue weighted by atomic mass is 16.5. The van der Waals surface area contributed by atoms with Gasteiger partial charge in [0, 0.05) is 18.4 Å². The van der Waals surface area contributed by atoms with E-state index in [9.17, 15) is 9.90 Å². The van der Waals surface area contributed by atoms with Crippen molar-refractivity contribution in [2.45, 2.75) is 19.1 Å². The van der Waals surface area contributed by atoms with Gasteiger partial charge in [-0.3, -0.25) is 5.10 Å². The number of hydrogen-bond donors (Lipinski definition) is 3. The first kappa shape index (κ1) is 15.5. The van der Waals surface area contributed by atoms with Crippen LogP contribution in [0.25, 0.3) is 11.3 Å². The molecule has 7 heteroatoms. The number of ether oxygens (including phenoxy) is 1. The van der Waals surface area contributed by atoms with Crippen molar-refractivity contribution in [1.82, 2.24) is 15.1 Å². The van der Waals surface area contributed by atoms with Crippen LogP contribution in [0.2, 0.25) is 0 Å². The molecular formula is C16H20N4O3. The molecule has 0 spiro atoms. The maximum Gasteiger partial charge on any atom is 0.322 e. The van der Waals surface area contributed by atoms with Gasteiger partial charge in [0.05, 0.1) is 31.1 Å². The van der Waals surface area contributed by atoms with Gasteiger partial charge in [-0.05, 0) is 30.7 Å². The van der Waals surface area contributed by atoms with Crippen LogP contribution in [-0.2, 0) is 4.74 Å². The minimum atomic E-state index is -0.636. The zero-order valence-corrected chi connectivity index (χ0v) is 12.9. The smallest absolute Gasteiger partial charge is 0.322 e. The van der Waals surface area contributed by atoms with E-state index < -0.39 is 6.10 Å². The lowest BCUT2D eigenvalue weighted by molar-refractivity contribution is 0.1000. The Kier molecular flexibility index (Phi) is 4.59. The monoisotopic (exact) mass is 316 g/mol. The number of nitrogens with one attached hydrogen (secondary N) is 2. The highest BCUT2D eigenvalue weighted by molar-refractivity contribution is 5.89. The van der Waals surface area contributed by atoms with E-state index in [1.807, 2.05) is 37.3 Å². The molecule has 0 saturated carbocycles. The van der Waals surface area contributed by atoms with Crippen LogP contribution in [0.5, 0.6) is 0 Å². The SMILES string of the molecule is CCN(C(=O)Nc1ccc(-c2ccn[nH]2)cc1)[C@@H]1COC[C@H]1O. The van der Waals surface area contributed by atoms with Crippen LogP contribution in [0.1, 0.15) is 6.92 Å². The van der Waals surface area contributed by atoms with Crippen LogP contribution in [0.3, 0.4) is 0 Å². The first-order valence-electron chi connectivity index (χ1n) is 7.62. The van der Waals surface area contributed by atoms with Crippen molar-refractivity contribution < 1.29 is 14.6 Å². The summed E-state index contributed by atoms with van der Waals surface area (Å²) in [6, 6.07) is 8.83. The summed E-state index contributed by atoms with van der Waals surface area (Å²) in [6.07, 6.45) is 1.06. The van der Waals surface area contributed by atoms with E-state index >= 15 is 0 Å². The van der Waals surface area contributed by atoms with Gasteiger partial charge < -0.3 is 20.1 Å². The molecule has 2 aromatic rings. The second-order valence-electron chi connectivity index (χ2n) is 5.44. The fourth-order valence-corrected chi connectivity index (χ4v) is 2.70. The van der Waals surface area contributed by atoms with Crippen LogP contribution < -0.4 is 5.32 Å². The van der Waals surface area contributed by atoms with E-state index in [2.05, 4.69) is 15.5 Å². The molecule has 0 unspecified atom stereocenters. The lowest BCUT2D eigenvalue weighted by Crippen LogP contribution is -2.48. The number of anilines is 1. The Hall–Kier alpha value is -2.38. The number of likely N-dealkylation sites (N-methyl/N-ethyl adjacent to an activating group) is 1. The van der Waals surface area contributed by atoms with Crippen molar-refractivity contribution in [3.8, 4) is 11.3 Å². The van der Waals surface area contributed by atoms with E-state index in [0.29, 0.717) is 18.8 Å². The summed E-state index contributed by atoms with van der Waals surface area (Å²) in [6.45, 7) is 3.02. The summed E-state index contributed by atoms with van der Waals surface area (Å²) in [7, 11) is 0. The number of benzene rings is 1. The topological polar surface area (TPSA) is 90.5 Å². The largest absolute Gasteiger partial charge is 0.388 e. The maximum atomic E-state index is 12.4. The molecule has 1 fully saturated rings. The van der Waals surface area contributed by atoms with E-state index in [1.165, 1.54) is 0 Å². The molecule has 2 atom stereocenters. The average molecular weight is 316 g/mol. The number of amides is 2. The summed E-state index contributed by atoms with van der Waals surface area (Å²) in [4.78, 5) is 14.0. The standard InChI is InChI=1S/C16H20N4O3/c1-2-20(14-9-23-10-15(14)21)16(22)18-12-5-3-11(4-6-12)13-7-8-17-19-13/h3-8,14-15,21H,2,9-10H2,1H3,(H,17,19)(H,18,22)/t14-,15-/m1/s1. The van der Waals surface area contributed by atoms with Gasteiger partial charge in [0.1, 0.15) is 0 Å². The van der Waals surface area contributed by atoms with E-state index in [4.69, 9.17) is 4.74 Å². The Morgan fingerprint density at radius 1 is 1.39 bits per heavy atom. The molecule has 1 aromatic heterocycles. The Balaban J connectivity index is 1.67. The van der Waals surface area contributed by atoms with Gasteiger partial charge in [0.25, 0.3) is 0 Å². The van der Waals surface area contributed by atoms with Gasteiger partial charge in [0.2, 0.25) is 0 Å². The van der Waals surface area contributed by atoms with Crippen molar-refractivity contribution in [3.63, 3.8) is 0 Å². The number of aliphatic hydroxyl groups is 1. The number of carbonyl (C=O) groups excluding carboxylic acids is 1. The van der Waals surface area contributed by atoms with Crippen molar-refractivity contribution in [1.29, 1.82) is 0 Å². The molecular weight excluding hydrogens is 296 g/mol. The van der Waals surface area contributed by atoms with Crippen LogP contribution >= 0.6 is 0 Å². The van der Waals surface area contributed by atoms with E-state index in [-0.39, 0.29) is 18.7 Å². The zero-order valence-electron chi connectivity index (χ0n) is 12.9. The number of H-pyrrole nitrogens is 1. The molecule has 1 aliphatic heterocycles. The fraction of sp³-hybridized carbons (Fsp3) is 0.375. The van der Waals surface area contributed by atoms with Gasteiger partial charge >= 0.3 is 6.03 Å². The van der Waals surface area contributed by atoms with Crippen molar-refractivity contribution >= 4 is 11.7 Å². The van der Waals surface area contributed by atoms with Gasteiger partial charge in [-0.25, -0.2) is 4.79 Å². The normalized spacial score (nSPS) is 20.4. The number of urea groups is 1. The van der Waals surface area contributed by atoms with Crippen LogP contribution in [0, 0.1) is 0 Å². The van der Waals surface area contributed by atoms with Gasteiger partial charge in [-0.15, -0.1) is 0 Å². The third-order valence-electron chi connectivity index (χ3n) is 3.97. The van der Waals surface area contributed by atoms with Gasteiger partial charge in [0.15, 0.2) is 0 Å². The summed E-state index contributed by atoms with van der Waals surface area (Å²) in [5, 5.41) is 19.6.